The van der Waals surface area contributed by atoms with Gasteiger partial charge in [0.2, 0.25) is 0 Å². The number of benzene rings is 1. The summed E-state index contributed by atoms with van der Waals surface area (Å²) in [5.41, 5.74) is 5.26. The van der Waals surface area contributed by atoms with E-state index in [-0.39, 0.29) is 11.5 Å². The maximum atomic E-state index is 12.9. The maximum absolute atomic E-state index is 12.9. The summed E-state index contributed by atoms with van der Waals surface area (Å²) >= 11 is 0. The first-order valence-corrected chi connectivity index (χ1v) is 9.27. The number of aryl methyl sites for hydroxylation is 2. The molecule has 0 bridgehead atoms. The van der Waals surface area contributed by atoms with Gasteiger partial charge in [0.25, 0.3) is 11.5 Å². The van der Waals surface area contributed by atoms with Crippen LogP contribution in [0.4, 0.5) is 5.69 Å². The van der Waals surface area contributed by atoms with Gasteiger partial charge in [-0.3, -0.25) is 9.59 Å². The SMILES string of the molecule is CCn1cc(NC(=O)c2nn(-c3ccccc3C)c3c2CCC3)ccc1=O. The molecule has 2 aromatic heterocycles. The molecule has 3 aromatic rings. The molecule has 1 N–H and O–H groups in total. The number of hydrogen-bond acceptors (Lipinski definition) is 3. The van der Waals surface area contributed by atoms with Gasteiger partial charge in [-0.15, -0.1) is 0 Å². The normalized spacial score (nSPS) is 12.8. The Bertz CT molecular complexity index is 1080. The number of rotatable bonds is 4. The predicted molar refractivity (Wildman–Crippen MR) is 105 cm³/mol. The minimum atomic E-state index is -0.234. The topological polar surface area (TPSA) is 68.9 Å². The molecular weight excluding hydrogens is 340 g/mol. The van der Waals surface area contributed by atoms with E-state index < -0.39 is 0 Å². The van der Waals surface area contributed by atoms with Crippen LogP contribution in [0.5, 0.6) is 0 Å². The lowest BCUT2D eigenvalue weighted by atomic mass is 10.1. The van der Waals surface area contributed by atoms with E-state index >= 15 is 0 Å². The Morgan fingerprint density at radius 3 is 2.78 bits per heavy atom. The van der Waals surface area contributed by atoms with Crippen LogP contribution < -0.4 is 10.9 Å². The van der Waals surface area contributed by atoms with Gasteiger partial charge in [-0.1, -0.05) is 18.2 Å². The van der Waals surface area contributed by atoms with Crippen LogP contribution in [0.3, 0.4) is 0 Å². The van der Waals surface area contributed by atoms with Crippen molar-refractivity contribution < 1.29 is 4.79 Å². The van der Waals surface area contributed by atoms with E-state index in [1.807, 2.05) is 42.8 Å². The summed E-state index contributed by atoms with van der Waals surface area (Å²) < 4.78 is 3.48. The third-order valence-electron chi connectivity index (χ3n) is 5.07. The number of fused-ring (bicyclic) bond motifs is 1. The molecule has 27 heavy (non-hydrogen) atoms. The fourth-order valence-electron chi connectivity index (χ4n) is 3.66. The van der Waals surface area contributed by atoms with E-state index in [4.69, 9.17) is 0 Å². The van der Waals surface area contributed by atoms with Crippen molar-refractivity contribution in [3.05, 3.63) is 75.5 Å². The molecule has 0 spiro atoms. The Hall–Kier alpha value is -3.15. The van der Waals surface area contributed by atoms with E-state index in [9.17, 15) is 9.59 Å². The van der Waals surface area contributed by atoms with E-state index in [2.05, 4.69) is 10.4 Å². The van der Waals surface area contributed by atoms with Crippen molar-refractivity contribution in [3.8, 4) is 5.69 Å². The molecule has 1 amide bonds. The van der Waals surface area contributed by atoms with Crippen LogP contribution in [0.2, 0.25) is 0 Å². The number of pyridine rings is 1. The molecule has 0 saturated heterocycles. The fourth-order valence-corrected chi connectivity index (χ4v) is 3.66. The molecule has 1 aliphatic carbocycles. The first-order chi connectivity index (χ1) is 13.1. The molecule has 138 valence electrons. The summed E-state index contributed by atoms with van der Waals surface area (Å²) in [5, 5.41) is 7.55. The number of aromatic nitrogens is 3. The number of para-hydroxylation sites is 1. The molecule has 6 heteroatoms. The van der Waals surface area contributed by atoms with Gasteiger partial charge in [-0.2, -0.15) is 5.10 Å². The molecule has 0 saturated carbocycles. The van der Waals surface area contributed by atoms with Gasteiger partial charge in [0, 0.05) is 30.1 Å². The lowest BCUT2D eigenvalue weighted by Crippen LogP contribution is -2.20. The van der Waals surface area contributed by atoms with Gasteiger partial charge >= 0.3 is 0 Å². The first kappa shape index (κ1) is 17.3. The van der Waals surface area contributed by atoms with Gasteiger partial charge in [0.15, 0.2) is 5.69 Å². The second kappa shape index (κ2) is 6.87. The molecule has 0 atom stereocenters. The van der Waals surface area contributed by atoms with Crippen molar-refractivity contribution in [2.75, 3.05) is 5.32 Å². The van der Waals surface area contributed by atoms with Crippen molar-refractivity contribution in [1.29, 1.82) is 0 Å². The zero-order valence-corrected chi connectivity index (χ0v) is 15.5. The molecule has 6 nitrogen and oxygen atoms in total. The number of carbonyl (C=O) groups excluding carboxylic acids is 1. The predicted octanol–water partition coefficient (Wildman–Crippen LogP) is 3.10. The van der Waals surface area contributed by atoms with Gasteiger partial charge < -0.3 is 9.88 Å². The van der Waals surface area contributed by atoms with Gasteiger partial charge in [0.05, 0.1) is 11.4 Å². The van der Waals surface area contributed by atoms with E-state index in [0.29, 0.717) is 17.9 Å². The molecular formula is C21H22N4O2. The van der Waals surface area contributed by atoms with E-state index in [1.165, 1.54) is 6.07 Å². The molecule has 0 aliphatic heterocycles. The maximum Gasteiger partial charge on any atom is 0.276 e. The van der Waals surface area contributed by atoms with Crippen molar-refractivity contribution >= 4 is 11.6 Å². The molecule has 1 aliphatic rings. The highest BCUT2D eigenvalue weighted by Crippen LogP contribution is 2.29. The molecule has 2 heterocycles. The molecule has 1 aromatic carbocycles. The zero-order valence-electron chi connectivity index (χ0n) is 15.5. The van der Waals surface area contributed by atoms with E-state index in [0.717, 1.165) is 41.8 Å². The summed E-state index contributed by atoms with van der Waals surface area (Å²) in [6.07, 6.45) is 4.47. The van der Waals surface area contributed by atoms with E-state index in [1.54, 1.807) is 16.8 Å². The van der Waals surface area contributed by atoms with Crippen LogP contribution >= 0.6 is 0 Å². The lowest BCUT2D eigenvalue weighted by Gasteiger charge is -2.09. The van der Waals surface area contributed by atoms with Crippen molar-refractivity contribution in [2.45, 2.75) is 39.7 Å². The number of nitrogens with zero attached hydrogens (tertiary/aromatic N) is 3. The summed E-state index contributed by atoms with van der Waals surface area (Å²) in [7, 11) is 0. The second-order valence-corrected chi connectivity index (χ2v) is 6.82. The van der Waals surface area contributed by atoms with Crippen molar-refractivity contribution in [2.24, 2.45) is 0 Å². The van der Waals surface area contributed by atoms with Crippen LogP contribution in [0, 0.1) is 6.92 Å². The van der Waals surface area contributed by atoms with Gasteiger partial charge in [-0.05, 0) is 50.8 Å². The third kappa shape index (κ3) is 3.07. The Balaban J connectivity index is 1.70. The first-order valence-electron chi connectivity index (χ1n) is 9.27. The smallest absolute Gasteiger partial charge is 0.276 e. The third-order valence-corrected chi connectivity index (χ3v) is 5.07. The zero-order chi connectivity index (χ0) is 19.0. The Morgan fingerprint density at radius 2 is 2.00 bits per heavy atom. The standard InChI is InChI=1S/C21H22N4O2/c1-3-24-13-15(11-12-19(24)26)22-21(27)20-16-8-6-10-18(16)25(23-20)17-9-5-4-7-14(17)2/h4-5,7,9,11-13H,3,6,8,10H2,1-2H3,(H,22,27). The summed E-state index contributed by atoms with van der Waals surface area (Å²) in [4.78, 5) is 24.7. The average molecular weight is 362 g/mol. The number of anilines is 1. The van der Waals surface area contributed by atoms with Crippen molar-refractivity contribution in [1.82, 2.24) is 14.3 Å². The van der Waals surface area contributed by atoms with Crippen molar-refractivity contribution in [3.63, 3.8) is 0 Å². The summed E-state index contributed by atoms with van der Waals surface area (Å²) in [6.45, 7) is 4.50. The van der Waals surface area contributed by atoms with Crippen LogP contribution in [0.1, 0.15) is 40.7 Å². The fraction of sp³-hybridized carbons (Fsp3) is 0.286. The monoisotopic (exact) mass is 362 g/mol. The lowest BCUT2D eigenvalue weighted by molar-refractivity contribution is 0.102. The second-order valence-electron chi connectivity index (χ2n) is 6.82. The number of carbonyl (C=O) groups is 1. The quantitative estimate of drug-likeness (QED) is 0.775. The van der Waals surface area contributed by atoms with Crippen LogP contribution in [0.25, 0.3) is 5.69 Å². The number of amides is 1. The minimum Gasteiger partial charge on any atom is -0.319 e. The number of hydrogen-bond donors (Lipinski definition) is 1. The highest BCUT2D eigenvalue weighted by Gasteiger charge is 2.27. The number of nitrogens with one attached hydrogen (secondary N) is 1. The Kier molecular flexibility index (Phi) is 4.39. The highest BCUT2D eigenvalue weighted by molar-refractivity contribution is 6.04. The Labute approximate surface area is 157 Å². The molecule has 4 rings (SSSR count). The van der Waals surface area contributed by atoms with Crippen LogP contribution in [-0.2, 0) is 19.4 Å². The average Bonchev–Trinajstić information content (AvgIpc) is 3.26. The largest absolute Gasteiger partial charge is 0.319 e. The van der Waals surface area contributed by atoms with Crippen LogP contribution in [0.15, 0.2) is 47.4 Å². The van der Waals surface area contributed by atoms with Gasteiger partial charge in [-0.25, -0.2) is 4.68 Å². The van der Waals surface area contributed by atoms with Gasteiger partial charge in [0.1, 0.15) is 0 Å². The Morgan fingerprint density at radius 1 is 1.19 bits per heavy atom. The summed E-state index contributed by atoms with van der Waals surface area (Å²) in [5.74, 6) is -0.234. The molecule has 0 radical (unpaired) electrons. The molecule has 0 fully saturated rings. The summed E-state index contributed by atoms with van der Waals surface area (Å²) in [6, 6.07) is 11.2. The highest BCUT2D eigenvalue weighted by atomic mass is 16.2. The minimum absolute atomic E-state index is 0.0831. The molecule has 0 unspecified atom stereocenters. The van der Waals surface area contributed by atoms with Crippen LogP contribution in [-0.4, -0.2) is 20.3 Å².